The lowest BCUT2D eigenvalue weighted by Gasteiger charge is -2.40. The van der Waals surface area contributed by atoms with Crippen molar-refractivity contribution in [3.05, 3.63) is 53.6 Å². The van der Waals surface area contributed by atoms with Gasteiger partial charge in [-0.15, -0.1) is 0 Å². The van der Waals surface area contributed by atoms with Crippen molar-refractivity contribution in [3.63, 3.8) is 0 Å². The number of rotatable bonds is 10. The van der Waals surface area contributed by atoms with Crippen molar-refractivity contribution in [1.29, 1.82) is 0 Å². The number of esters is 1. The largest absolute Gasteiger partial charge is 0.453 e. The van der Waals surface area contributed by atoms with E-state index in [1.54, 1.807) is 11.8 Å². The summed E-state index contributed by atoms with van der Waals surface area (Å²) in [5.41, 5.74) is 1.83. The number of carbonyl (C=O) groups is 3. The maximum absolute atomic E-state index is 14.0. The van der Waals surface area contributed by atoms with Crippen LogP contribution in [0.2, 0.25) is 0 Å². The van der Waals surface area contributed by atoms with Gasteiger partial charge in [0, 0.05) is 52.5 Å². The molecule has 1 aromatic carbocycles. The molecule has 0 saturated carbocycles. The van der Waals surface area contributed by atoms with Crippen LogP contribution in [0.3, 0.4) is 0 Å². The molecule has 2 aliphatic heterocycles. The van der Waals surface area contributed by atoms with Gasteiger partial charge < -0.3 is 28.6 Å². The Balaban J connectivity index is 1.56. The van der Waals surface area contributed by atoms with Gasteiger partial charge in [0.15, 0.2) is 6.10 Å². The third-order valence-electron chi connectivity index (χ3n) is 7.76. The summed E-state index contributed by atoms with van der Waals surface area (Å²) in [6.07, 6.45) is 3.08. The van der Waals surface area contributed by atoms with Crippen molar-refractivity contribution in [2.75, 3.05) is 32.8 Å². The summed E-state index contributed by atoms with van der Waals surface area (Å²) in [4.78, 5) is 47.1. The third kappa shape index (κ3) is 7.41. The number of imidazole rings is 1. The fourth-order valence-corrected chi connectivity index (χ4v) is 5.80. The van der Waals surface area contributed by atoms with Crippen molar-refractivity contribution in [3.8, 4) is 0 Å². The van der Waals surface area contributed by atoms with Crippen molar-refractivity contribution >= 4 is 18.0 Å². The van der Waals surface area contributed by atoms with E-state index in [1.807, 2.05) is 48.4 Å². The van der Waals surface area contributed by atoms with E-state index >= 15 is 0 Å². The van der Waals surface area contributed by atoms with Gasteiger partial charge in [0.25, 0.3) is 5.91 Å². The Morgan fingerprint density at radius 2 is 1.88 bits per heavy atom. The van der Waals surface area contributed by atoms with Crippen LogP contribution in [0.1, 0.15) is 63.2 Å². The van der Waals surface area contributed by atoms with Gasteiger partial charge in [0.1, 0.15) is 12.4 Å². The number of amides is 2. The Hall–Kier alpha value is -3.40. The van der Waals surface area contributed by atoms with Gasteiger partial charge in [-0.25, -0.2) is 9.78 Å². The number of benzene rings is 1. The average molecular weight is 555 g/mol. The number of nitrogens with zero attached hydrogens (tertiary/aromatic N) is 4. The highest BCUT2D eigenvalue weighted by atomic mass is 16.6. The molecule has 0 spiro atoms. The van der Waals surface area contributed by atoms with Crippen molar-refractivity contribution < 1.29 is 28.6 Å². The van der Waals surface area contributed by atoms with Crippen LogP contribution < -0.4 is 0 Å². The molecule has 2 fully saturated rings. The molecule has 0 N–H and O–H groups in total. The number of aryl methyl sites for hydroxylation is 2. The summed E-state index contributed by atoms with van der Waals surface area (Å²) >= 11 is 0. The van der Waals surface area contributed by atoms with E-state index in [2.05, 4.69) is 11.5 Å². The molecule has 2 amide bonds. The minimum absolute atomic E-state index is 0.0474. The van der Waals surface area contributed by atoms with Crippen LogP contribution in [0.25, 0.3) is 0 Å². The van der Waals surface area contributed by atoms with E-state index in [4.69, 9.17) is 19.2 Å². The SMILES string of the molecule is CCn1cc(C)nc1[C@@H](C1CCOCC1)N(C[C@H]1CCN(C(=O)OCc2ccccc2)C1)C(=O)[C@H](C)OC(C)=O. The minimum Gasteiger partial charge on any atom is -0.453 e. The number of carbonyl (C=O) groups excluding carboxylic acids is 3. The first-order valence-electron chi connectivity index (χ1n) is 14.3. The lowest BCUT2D eigenvalue weighted by Crippen LogP contribution is -2.48. The van der Waals surface area contributed by atoms with E-state index in [1.165, 1.54) is 6.92 Å². The molecule has 0 radical (unpaired) electrons. The molecule has 0 unspecified atom stereocenters. The molecule has 2 aromatic rings. The molecule has 2 aliphatic rings. The van der Waals surface area contributed by atoms with Crippen LogP contribution >= 0.6 is 0 Å². The van der Waals surface area contributed by atoms with Crippen molar-refractivity contribution in [2.45, 2.75) is 72.3 Å². The summed E-state index contributed by atoms with van der Waals surface area (Å²) < 4.78 is 18.7. The van der Waals surface area contributed by atoms with Gasteiger partial charge in [-0.1, -0.05) is 30.3 Å². The maximum Gasteiger partial charge on any atom is 0.410 e. The maximum atomic E-state index is 14.0. The molecule has 40 heavy (non-hydrogen) atoms. The fraction of sp³-hybridized carbons (Fsp3) is 0.600. The highest BCUT2D eigenvalue weighted by Gasteiger charge is 2.40. The molecule has 3 atom stereocenters. The fourth-order valence-electron chi connectivity index (χ4n) is 5.80. The lowest BCUT2D eigenvalue weighted by atomic mass is 9.88. The second kappa shape index (κ2) is 13.8. The zero-order chi connectivity index (χ0) is 28.6. The van der Waals surface area contributed by atoms with Crippen molar-refractivity contribution in [1.82, 2.24) is 19.4 Å². The molecule has 1 aromatic heterocycles. The number of hydrogen-bond acceptors (Lipinski definition) is 7. The van der Waals surface area contributed by atoms with Gasteiger partial charge in [-0.2, -0.15) is 0 Å². The molecule has 0 aliphatic carbocycles. The summed E-state index contributed by atoms with van der Waals surface area (Å²) in [5.74, 6) is 0.281. The zero-order valence-electron chi connectivity index (χ0n) is 24.1. The molecule has 218 valence electrons. The molecular weight excluding hydrogens is 512 g/mol. The Labute approximate surface area is 236 Å². The smallest absolute Gasteiger partial charge is 0.410 e. The molecule has 3 heterocycles. The van der Waals surface area contributed by atoms with Crippen LogP contribution in [0, 0.1) is 18.8 Å². The predicted molar refractivity (Wildman–Crippen MR) is 148 cm³/mol. The second-order valence-corrected chi connectivity index (χ2v) is 10.8. The normalized spacial score (nSPS) is 19.2. The van der Waals surface area contributed by atoms with Gasteiger partial charge in [-0.3, -0.25) is 9.59 Å². The summed E-state index contributed by atoms with van der Waals surface area (Å²) in [5, 5.41) is 0. The number of hydrogen-bond donors (Lipinski definition) is 0. The Morgan fingerprint density at radius 3 is 2.55 bits per heavy atom. The van der Waals surface area contributed by atoms with E-state index < -0.39 is 12.1 Å². The Bertz CT molecular complexity index is 1150. The van der Waals surface area contributed by atoms with Gasteiger partial charge in [0.2, 0.25) is 0 Å². The molecule has 4 rings (SSSR count). The standard InChI is InChI=1S/C30H42N4O6/c1-5-32-17-21(2)31-28(32)27(26-12-15-38-16-13-26)34(29(36)22(3)40-23(4)35)19-25-11-14-33(18-25)30(37)39-20-24-9-7-6-8-10-24/h6-10,17,22,25-27H,5,11-16,18-20H2,1-4H3/t22-,25-,27+/m0/s1. The molecule has 2 saturated heterocycles. The Kier molecular flexibility index (Phi) is 10.2. The third-order valence-corrected chi connectivity index (χ3v) is 7.76. The Morgan fingerprint density at radius 1 is 1.15 bits per heavy atom. The first kappa shape index (κ1) is 29.6. The van der Waals surface area contributed by atoms with Crippen LogP contribution in [0.5, 0.6) is 0 Å². The molecule has 10 heteroatoms. The van der Waals surface area contributed by atoms with Gasteiger partial charge >= 0.3 is 12.1 Å². The topological polar surface area (TPSA) is 103 Å². The zero-order valence-corrected chi connectivity index (χ0v) is 24.1. The van der Waals surface area contributed by atoms with E-state index in [0.717, 1.165) is 42.9 Å². The molecule has 0 bridgehead atoms. The molecular formula is C30H42N4O6. The quantitative estimate of drug-likeness (QED) is 0.407. The van der Waals surface area contributed by atoms with E-state index in [-0.39, 0.29) is 36.5 Å². The number of likely N-dealkylation sites (tertiary alicyclic amines) is 1. The average Bonchev–Trinajstić information content (AvgIpc) is 3.58. The van der Waals surface area contributed by atoms with Gasteiger partial charge in [0.05, 0.1) is 11.7 Å². The summed E-state index contributed by atoms with van der Waals surface area (Å²) in [6.45, 7) is 10.6. The van der Waals surface area contributed by atoms with Crippen LogP contribution in [-0.4, -0.2) is 76.3 Å². The highest BCUT2D eigenvalue weighted by Crippen LogP contribution is 2.37. The summed E-state index contributed by atoms with van der Waals surface area (Å²) in [6, 6.07) is 9.29. The predicted octanol–water partition coefficient (Wildman–Crippen LogP) is 4.12. The number of ether oxygens (including phenoxy) is 3. The van der Waals surface area contributed by atoms with Crippen LogP contribution in [-0.2, 0) is 37.0 Å². The molecule has 10 nitrogen and oxygen atoms in total. The van der Waals surface area contributed by atoms with Crippen molar-refractivity contribution in [2.24, 2.45) is 11.8 Å². The van der Waals surface area contributed by atoms with Crippen LogP contribution in [0.4, 0.5) is 4.79 Å². The van der Waals surface area contributed by atoms with E-state index in [9.17, 15) is 14.4 Å². The van der Waals surface area contributed by atoms with Crippen LogP contribution in [0.15, 0.2) is 36.5 Å². The minimum atomic E-state index is -0.931. The summed E-state index contributed by atoms with van der Waals surface area (Å²) in [7, 11) is 0. The number of aromatic nitrogens is 2. The first-order chi connectivity index (χ1) is 19.3. The highest BCUT2D eigenvalue weighted by molar-refractivity contribution is 5.83. The first-order valence-corrected chi connectivity index (χ1v) is 14.3. The monoisotopic (exact) mass is 554 g/mol. The second-order valence-electron chi connectivity index (χ2n) is 10.8. The van der Waals surface area contributed by atoms with Gasteiger partial charge in [-0.05, 0) is 57.4 Å². The van der Waals surface area contributed by atoms with E-state index in [0.29, 0.717) is 32.8 Å². The lowest BCUT2D eigenvalue weighted by molar-refractivity contribution is -0.160.